The van der Waals surface area contributed by atoms with Crippen molar-refractivity contribution in [2.45, 2.75) is 6.92 Å². The summed E-state index contributed by atoms with van der Waals surface area (Å²) in [5, 5.41) is 18.6. The van der Waals surface area contributed by atoms with Gasteiger partial charge in [-0.15, -0.1) is 0 Å². The topological polar surface area (TPSA) is 115 Å². The molecule has 0 radical (unpaired) electrons. The Bertz CT molecular complexity index is 733. The molecule has 0 unspecified atom stereocenters. The lowest BCUT2D eigenvalue weighted by atomic mass is 10.2. The van der Waals surface area contributed by atoms with E-state index in [4.69, 9.17) is 15.9 Å². The van der Waals surface area contributed by atoms with Crippen molar-refractivity contribution in [3.05, 3.63) is 56.3 Å². The van der Waals surface area contributed by atoms with Gasteiger partial charge in [-0.3, -0.25) is 15.5 Å². The fraction of sp³-hybridized carbons (Fsp3) is 0.0769. The standard InChI is InChI=1S/C13H11BrN4O3/c1-7-5-8(14)6-9(18(19)20)12(7)21-10-3-2-4-17-11(10)13(15)16/h2-6H,1H3,(H3,15,16). The van der Waals surface area contributed by atoms with E-state index in [-0.39, 0.29) is 28.7 Å². The molecule has 0 fully saturated rings. The third kappa shape index (κ3) is 3.16. The zero-order valence-electron chi connectivity index (χ0n) is 11.0. The van der Waals surface area contributed by atoms with E-state index in [0.717, 1.165) is 0 Å². The zero-order chi connectivity index (χ0) is 15.6. The van der Waals surface area contributed by atoms with E-state index >= 15 is 0 Å². The lowest BCUT2D eigenvalue weighted by molar-refractivity contribution is -0.385. The number of benzene rings is 1. The van der Waals surface area contributed by atoms with Crippen LogP contribution in [0.2, 0.25) is 0 Å². The Kier molecular flexibility index (Phi) is 4.18. The lowest BCUT2D eigenvalue weighted by Gasteiger charge is -2.12. The van der Waals surface area contributed by atoms with Crippen molar-refractivity contribution in [2.24, 2.45) is 5.73 Å². The summed E-state index contributed by atoms with van der Waals surface area (Å²) in [5.74, 6) is 0.0141. The highest BCUT2D eigenvalue weighted by molar-refractivity contribution is 9.10. The predicted molar refractivity (Wildman–Crippen MR) is 80.9 cm³/mol. The van der Waals surface area contributed by atoms with Gasteiger partial charge in [-0.25, -0.2) is 4.98 Å². The minimum Gasteiger partial charge on any atom is -0.447 e. The molecule has 0 spiro atoms. The van der Waals surface area contributed by atoms with E-state index in [0.29, 0.717) is 10.0 Å². The summed E-state index contributed by atoms with van der Waals surface area (Å²) < 4.78 is 6.18. The summed E-state index contributed by atoms with van der Waals surface area (Å²) in [5.41, 5.74) is 5.96. The van der Waals surface area contributed by atoms with Crippen LogP contribution in [0.5, 0.6) is 11.5 Å². The number of nitrogens with two attached hydrogens (primary N) is 1. The first kappa shape index (κ1) is 14.9. The number of nitro benzene ring substituents is 1. The van der Waals surface area contributed by atoms with E-state index in [1.807, 2.05) is 0 Å². The van der Waals surface area contributed by atoms with Crippen LogP contribution < -0.4 is 10.5 Å². The largest absolute Gasteiger partial charge is 0.447 e. The Hall–Kier alpha value is -2.48. The number of amidine groups is 1. The number of nitrogen functional groups attached to an aromatic ring is 1. The van der Waals surface area contributed by atoms with Gasteiger partial charge in [0.2, 0.25) is 5.75 Å². The van der Waals surface area contributed by atoms with E-state index in [1.54, 1.807) is 25.1 Å². The SMILES string of the molecule is Cc1cc(Br)cc([N+](=O)[O-])c1Oc1cccnc1C(=N)N. The van der Waals surface area contributed by atoms with Crippen LogP contribution in [0, 0.1) is 22.4 Å². The first-order chi connectivity index (χ1) is 9.90. The number of aryl methyl sites for hydroxylation is 1. The maximum atomic E-state index is 11.2. The smallest absolute Gasteiger partial charge is 0.312 e. The highest BCUT2D eigenvalue weighted by atomic mass is 79.9. The molecule has 2 aromatic rings. The molecule has 1 aromatic carbocycles. The first-order valence-electron chi connectivity index (χ1n) is 5.82. The molecule has 7 nitrogen and oxygen atoms in total. The maximum absolute atomic E-state index is 11.2. The molecule has 0 amide bonds. The second kappa shape index (κ2) is 5.88. The molecule has 0 aliphatic carbocycles. The average Bonchev–Trinajstić information content (AvgIpc) is 2.41. The van der Waals surface area contributed by atoms with Crippen LogP contribution in [-0.4, -0.2) is 15.7 Å². The summed E-state index contributed by atoms with van der Waals surface area (Å²) in [4.78, 5) is 14.6. The van der Waals surface area contributed by atoms with Gasteiger partial charge in [0.25, 0.3) is 0 Å². The Morgan fingerprint density at radius 3 is 2.86 bits per heavy atom. The van der Waals surface area contributed by atoms with Crippen LogP contribution in [0.1, 0.15) is 11.3 Å². The summed E-state index contributed by atoms with van der Waals surface area (Å²) in [6, 6.07) is 6.20. The van der Waals surface area contributed by atoms with Crippen molar-refractivity contribution in [1.29, 1.82) is 5.41 Å². The zero-order valence-corrected chi connectivity index (χ0v) is 12.5. The number of hydrogen-bond acceptors (Lipinski definition) is 5. The Balaban J connectivity index is 2.55. The van der Waals surface area contributed by atoms with Gasteiger partial charge in [-0.05, 0) is 30.7 Å². The monoisotopic (exact) mass is 350 g/mol. The highest BCUT2D eigenvalue weighted by Crippen LogP contribution is 2.37. The Labute approximate surface area is 128 Å². The van der Waals surface area contributed by atoms with Crippen LogP contribution in [0.15, 0.2) is 34.9 Å². The molecule has 108 valence electrons. The third-order valence-electron chi connectivity index (χ3n) is 2.65. The molecular formula is C13H11BrN4O3. The number of halogens is 1. The maximum Gasteiger partial charge on any atom is 0.312 e. The predicted octanol–water partition coefficient (Wildman–Crippen LogP) is 3.14. The van der Waals surface area contributed by atoms with Crippen LogP contribution >= 0.6 is 15.9 Å². The number of aromatic nitrogens is 1. The number of nitrogens with zero attached hydrogens (tertiary/aromatic N) is 2. The molecular weight excluding hydrogens is 340 g/mol. The molecule has 0 saturated carbocycles. The van der Waals surface area contributed by atoms with Gasteiger partial charge in [-0.1, -0.05) is 15.9 Å². The quantitative estimate of drug-likeness (QED) is 0.380. The van der Waals surface area contributed by atoms with Gasteiger partial charge in [0.15, 0.2) is 5.75 Å². The molecule has 21 heavy (non-hydrogen) atoms. The summed E-state index contributed by atoms with van der Waals surface area (Å²) in [6.07, 6.45) is 1.46. The number of hydrogen-bond donors (Lipinski definition) is 2. The van der Waals surface area contributed by atoms with Gasteiger partial charge in [0.1, 0.15) is 11.5 Å². The molecule has 3 N–H and O–H groups in total. The minimum atomic E-state index is -0.531. The molecule has 0 atom stereocenters. The second-order valence-corrected chi connectivity index (χ2v) is 5.11. The molecule has 1 aromatic heterocycles. The molecule has 8 heteroatoms. The summed E-state index contributed by atoms with van der Waals surface area (Å²) >= 11 is 3.21. The van der Waals surface area contributed by atoms with Gasteiger partial charge in [0.05, 0.1) is 4.92 Å². The molecule has 0 aliphatic rings. The number of pyridine rings is 1. The highest BCUT2D eigenvalue weighted by Gasteiger charge is 2.21. The van der Waals surface area contributed by atoms with Crippen molar-refractivity contribution in [1.82, 2.24) is 4.98 Å². The van der Waals surface area contributed by atoms with Gasteiger partial charge in [0, 0.05) is 16.7 Å². The fourth-order valence-corrected chi connectivity index (χ4v) is 2.33. The lowest BCUT2D eigenvalue weighted by Crippen LogP contribution is -2.14. The van der Waals surface area contributed by atoms with E-state index in [9.17, 15) is 10.1 Å². The van der Waals surface area contributed by atoms with Crippen LogP contribution in [0.4, 0.5) is 5.69 Å². The van der Waals surface area contributed by atoms with Crippen LogP contribution in [-0.2, 0) is 0 Å². The first-order valence-corrected chi connectivity index (χ1v) is 6.61. The van der Waals surface area contributed by atoms with Crippen molar-refractivity contribution < 1.29 is 9.66 Å². The molecule has 2 rings (SSSR count). The van der Waals surface area contributed by atoms with E-state index in [1.165, 1.54) is 12.3 Å². The van der Waals surface area contributed by atoms with Gasteiger partial charge in [-0.2, -0.15) is 0 Å². The summed E-state index contributed by atoms with van der Waals surface area (Å²) in [6.45, 7) is 1.69. The van der Waals surface area contributed by atoms with E-state index < -0.39 is 4.92 Å². The molecule has 0 aliphatic heterocycles. The second-order valence-electron chi connectivity index (χ2n) is 4.19. The molecule has 0 bridgehead atoms. The third-order valence-corrected chi connectivity index (χ3v) is 3.11. The van der Waals surface area contributed by atoms with Crippen LogP contribution in [0.3, 0.4) is 0 Å². The van der Waals surface area contributed by atoms with Gasteiger partial charge >= 0.3 is 5.69 Å². The molecule has 1 heterocycles. The van der Waals surface area contributed by atoms with Crippen molar-refractivity contribution in [3.63, 3.8) is 0 Å². The number of nitro groups is 1. The van der Waals surface area contributed by atoms with Gasteiger partial charge < -0.3 is 10.5 Å². The van der Waals surface area contributed by atoms with Crippen LogP contribution in [0.25, 0.3) is 0 Å². The number of rotatable bonds is 4. The van der Waals surface area contributed by atoms with Crippen molar-refractivity contribution in [2.75, 3.05) is 0 Å². The van der Waals surface area contributed by atoms with Crippen molar-refractivity contribution >= 4 is 27.5 Å². The van der Waals surface area contributed by atoms with E-state index in [2.05, 4.69) is 20.9 Å². The fourth-order valence-electron chi connectivity index (χ4n) is 1.77. The minimum absolute atomic E-state index is 0.0960. The Morgan fingerprint density at radius 1 is 1.52 bits per heavy atom. The normalized spacial score (nSPS) is 10.2. The summed E-state index contributed by atoms with van der Waals surface area (Å²) in [7, 11) is 0. The number of ether oxygens (including phenoxy) is 1. The average molecular weight is 351 g/mol. The van der Waals surface area contributed by atoms with Crippen molar-refractivity contribution in [3.8, 4) is 11.5 Å². The number of nitrogens with one attached hydrogen (secondary N) is 1. The Morgan fingerprint density at radius 2 is 2.24 bits per heavy atom. The molecule has 0 saturated heterocycles.